The van der Waals surface area contributed by atoms with E-state index in [1.807, 2.05) is 24.3 Å². The Bertz CT molecular complexity index is 796. The van der Waals surface area contributed by atoms with Gasteiger partial charge in [-0.15, -0.1) is 0 Å². The second kappa shape index (κ2) is 7.99. The average molecular weight is 354 g/mol. The van der Waals surface area contributed by atoms with Gasteiger partial charge in [0.2, 0.25) is 0 Å². The van der Waals surface area contributed by atoms with Gasteiger partial charge in [0.25, 0.3) is 5.91 Å². The van der Waals surface area contributed by atoms with E-state index in [1.54, 1.807) is 19.2 Å². The van der Waals surface area contributed by atoms with Gasteiger partial charge in [0.05, 0.1) is 6.54 Å². The third kappa shape index (κ3) is 4.59. The number of nitrogens with two attached hydrogens (primary N) is 1. The van der Waals surface area contributed by atoms with Crippen LogP contribution in [0.2, 0.25) is 0 Å². The lowest BCUT2D eigenvalue weighted by atomic mass is 9.86. The van der Waals surface area contributed by atoms with E-state index < -0.39 is 5.91 Å². The first-order chi connectivity index (χ1) is 12.2. The standard InChI is InChI=1S/C20H26N4O2/c1-20(2,3)15-9-5-6-10-16(15)26-13-12-24(4)19(25)17(21)14-8-7-11-23-18(14)22/h5-11,21H,12-13H2,1-4H3,(H2,22,23). The summed E-state index contributed by atoms with van der Waals surface area (Å²) >= 11 is 0. The maximum atomic E-state index is 12.4. The van der Waals surface area contributed by atoms with Crippen LogP contribution in [-0.4, -0.2) is 41.7 Å². The zero-order chi connectivity index (χ0) is 19.3. The van der Waals surface area contributed by atoms with Gasteiger partial charge in [-0.2, -0.15) is 0 Å². The van der Waals surface area contributed by atoms with E-state index in [9.17, 15) is 4.79 Å². The van der Waals surface area contributed by atoms with Crippen LogP contribution < -0.4 is 10.5 Å². The number of rotatable bonds is 6. The normalized spacial score (nSPS) is 11.1. The molecule has 0 aliphatic rings. The second-order valence-electron chi connectivity index (χ2n) is 7.13. The lowest BCUT2D eigenvalue weighted by Gasteiger charge is -2.23. The second-order valence-corrected chi connectivity index (χ2v) is 7.13. The number of benzene rings is 1. The molecule has 0 atom stereocenters. The highest BCUT2D eigenvalue weighted by atomic mass is 16.5. The monoisotopic (exact) mass is 354 g/mol. The molecule has 0 spiro atoms. The average Bonchev–Trinajstić information content (AvgIpc) is 2.60. The molecule has 0 aliphatic heterocycles. The quantitative estimate of drug-likeness (QED) is 0.780. The molecule has 138 valence electrons. The topological polar surface area (TPSA) is 92.3 Å². The van der Waals surface area contributed by atoms with Crippen LogP contribution in [0.3, 0.4) is 0 Å². The molecule has 1 heterocycles. The van der Waals surface area contributed by atoms with Crippen LogP contribution in [0, 0.1) is 5.41 Å². The molecular formula is C20H26N4O2. The molecule has 3 N–H and O–H groups in total. The van der Waals surface area contributed by atoms with E-state index in [0.717, 1.165) is 11.3 Å². The number of anilines is 1. The predicted octanol–water partition coefficient (Wildman–Crippen LogP) is 2.87. The van der Waals surface area contributed by atoms with Crippen molar-refractivity contribution in [2.24, 2.45) is 0 Å². The number of hydrogen-bond donors (Lipinski definition) is 2. The summed E-state index contributed by atoms with van der Waals surface area (Å²) in [4.78, 5) is 17.8. The summed E-state index contributed by atoms with van der Waals surface area (Å²) in [6, 6.07) is 11.2. The van der Waals surface area contributed by atoms with Crippen LogP contribution in [0.25, 0.3) is 0 Å². The fourth-order valence-corrected chi connectivity index (χ4v) is 2.54. The van der Waals surface area contributed by atoms with E-state index in [4.69, 9.17) is 15.9 Å². The first-order valence-corrected chi connectivity index (χ1v) is 8.49. The minimum absolute atomic E-state index is 0.0295. The molecule has 2 rings (SSSR count). The van der Waals surface area contributed by atoms with Crippen molar-refractivity contribution in [2.45, 2.75) is 26.2 Å². The highest BCUT2D eigenvalue weighted by molar-refractivity contribution is 6.44. The van der Waals surface area contributed by atoms with Crippen LogP contribution in [0.4, 0.5) is 5.82 Å². The number of hydrogen-bond acceptors (Lipinski definition) is 5. The van der Waals surface area contributed by atoms with Crippen LogP contribution in [0.5, 0.6) is 5.75 Å². The van der Waals surface area contributed by atoms with Gasteiger partial charge >= 0.3 is 0 Å². The third-order valence-electron chi connectivity index (χ3n) is 4.05. The van der Waals surface area contributed by atoms with Crippen LogP contribution in [-0.2, 0) is 10.2 Å². The Morgan fingerprint density at radius 3 is 2.58 bits per heavy atom. The Balaban J connectivity index is 1.97. The van der Waals surface area contributed by atoms with Crippen molar-refractivity contribution >= 4 is 17.4 Å². The number of carbonyl (C=O) groups is 1. The summed E-state index contributed by atoms with van der Waals surface area (Å²) < 4.78 is 5.89. The number of nitrogen functional groups attached to an aromatic ring is 1. The van der Waals surface area contributed by atoms with Gasteiger partial charge in [0.1, 0.15) is 23.9 Å². The first-order valence-electron chi connectivity index (χ1n) is 8.49. The number of aromatic nitrogens is 1. The number of amides is 1. The Morgan fingerprint density at radius 1 is 1.23 bits per heavy atom. The summed E-state index contributed by atoms with van der Waals surface area (Å²) in [6.07, 6.45) is 1.53. The van der Waals surface area contributed by atoms with Gasteiger partial charge < -0.3 is 15.4 Å². The van der Waals surface area contributed by atoms with Gasteiger partial charge in [-0.1, -0.05) is 39.0 Å². The lowest BCUT2D eigenvalue weighted by Crippen LogP contribution is -2.36. The molecule has 26 heavy (non-hydrogen) atoms. The lowest BCUT2D eigenvalue weighted by molar-refractivity contribution is -0.123. The summed E-state index contributed by atoms with van der Waals surface area (Å²) in [5.41, 5.74) is 7.00. The third-order valence-corrected chi connectivity index (χ3v) is 4.05. The van der Waals surface area contributed by atoms with E-state index >= 15 is 0 Å². The van der Waals surface area contributed by atoms with Crippen LogP contribution >= 0.6 is 0 Å². The smallest absolute Gasteiger partial charge is 0.272 e. The van der Waals surface area contributed by atoms with Crippen molar-refractivity contribution in [3.05, 3.63) is 53.7 Å². The van der Waals surface area contributed by atoms with E-state index in [0.29, 0.717) is 18.7 Å². The molecule has 0 radical (unpaired) electrons. The van der Waals surface area contributed by atoms with Crippen molar-refractivity contribution in [2.75, 3.05) is 25.9 Å². The summed E-state index contributed by atoms with van der Waals surface area (Å²) in [7, 11) is 1.64. The molecule has 1 amide bonds. The van der Waals surface area contributed by atoms with Gasteiger partial charge in [0.15, 0.2) is 0 Å². The molecule has 1 aromatic carbocycles. The summed E-state index contributed by atoms with van der Waals surface area (Å²) in [6.45, 7) is 7.09. The fourth-order valence-electron chi connectivity index (χ4n) is 2.54. The largest absolute Gasteiger partial charge is 0.491 e. The predicted molar refractivity (Wildman–Crippen MR) is 104 cm³/mol. The molecule has 0 saturated carbocycles. The van der Waals surface area contributed by atoms with Crippen molar-refractivity contribution < 1.29 is 9.53 Å². The number of pyridine rings is 1. The maximum absolute atomic E-state index is 12.4. The van der Waals surface area contributed by atoms with E-state index in [1.165, 1.54) is 11.1 Å². The van der Waals surface area contributed by atoms with Crippen LogP contribution in [0.1, 0.15) is 31.9 Å². The molecule has 1 aromatic heterocycles. The highest BCUT2D eigenvalue weighted by Gasteiger charge is 2.20. The Hall–Kier alpha value is -2.89. The van der Waals surface area contributed by atoms with Crippen molar-refractivity contribution in [1.82, 2.24) is 9.88 Å². The SMILES string of the molecule is CN(CCOc1ccccc1C(C)(C)C)C(=O)C(=N)c1cccnc1N. The number of nitrogens with one attached hydrogen (secondary N) is 1. The van der Waals surface area contributed by atoms with Gasteiger partial charge in [-0.25, -0.2) is 4.98 Å². The fraction of sp³-hybridized carbons (Fsp3) is 0.350. The van der Waals surface area contributed by atoms with Gasteiger partial charge in [0, 0.05) is 18.8 Å². The minimum atomic E-state index is -0.419. The van der Waals surface area contributed by atoms with Crippen molar-refractivity contribution in [3.63, 3.8) is 0 Å². The number of nitrogens with zero attached hydrogens (tertiary/aromatic N) is 2. The molecule has 0 saturated heterocycles. The molecule has 0 fully saturated rings. The molecule has 0 unspecified atom stereocenters. The highest BCUT2D eigenvalue weighted by Crippen LogP contribution is 2.30. The van der Waals surface area contributed by atoms with E-state index in [2.05, 4.69) is 25.8 Å². The molecule has 6 heteroatoms. The van der Waals surface area contributed by atoms with Crippen LogP contribution in [0.15, 0.2) is 42.6 Å². The summed E-state index contributed by atoms with van der Waals surface area (Å²) in [5, 5.41) is 8.07. The number of likely N-dealkylation sites (N-methyl/N-ethyl adjacent to an activating group) is 1. The Kier molecular flexibility index (Phi) is 5.97. The van der Waals surface area contributed by atoms with Crippen molar-refractivity contribution in [3.8, 4) is 5.75 Å². The zero-order valence-corrected chi connectivity index (χ0v) is 15.7. The molecule has 0 aliphatic carbocycles. The first kappa shape index (κ1) is 19.4. The Labute approximate surface area is 154 Å². The van der Waals surface area contributed by atoms with Gasteiger partial charge in [-0.05, 0) is 29.2 Å². The molecule has 0 bridgehead atoms. The zero-order valence-electron chi connectivity index (χ0n) is 15.7. The summed E-state index contributed by atoms with van der Waals surface area (Å²) in [5.74, 6) is 0.569. The molecular weight excluding hydrogens is 328 g/mol. The maximum Gasteiger partial charge on any atom is 0.272 e. The molecule has 6 nitrogen and oxygen atoms in total. The van der Waals surface area contributed by atoms with Crippen molar-refractivity contribution in [1.29, 1.82) is 5.41 Å². The molecule has 2 aromatic rings. The number of ether oxygens (including phenoxy) is 1. The number of carbonyl (C=O) groups excluding carboxylic acids is 1. The van der Waals surface area contributed by atoms with E-state index in [-0.39, 0.29) is 16.9 Å². The minimum Gasteiger partial charge on any atom is -0.491 e. The van der Waals surface area contributed by atoms with Gasteiger partial charge in [-0.3, -0.25) is 10.2 Å². The Morgan fingerprint density at radius 2 is 1.92 bits per heavy atom. The number of para-hydroxylation sites is 1.